The summed E-state index contributed by atoms with van der Waals surface area (Å²) in [5, 5.41) is 11.5. The lowest BCUT2D eigenvalue weighted by molar-refractivity contribution is 0.0795. The number of rotatable bonds is 6. The summed E-state index contributed by atoms with van der Waals surface area (Å²) in [6.45, 7) is 11.1. The highest BCUT2D eigenvalue weighted by Crippen LogP contribution is 2.35. The first-order valence-electron chi connectivity index (χ1n) is 9.97. The molecule has 2 N–H and O–H groups in total. The van der Waals surface area contributed by atoms with Crippen molar-refractivity contribution in [3.05, 3.63) is 17.0 Å². The zero-order valence-corrected chi connectivity index (χ0v) is 20.6. The van der Waals surface area contributed by atoms with Gasteiger partial charge in [-0.2, -0.15) is 5.10 Å². The van der Waals surface area contributed by atoms with E-state index in [1.807, 2.05) is 11.7 Å². The molecule has 1 saturated carbocycles. The monoisotopic (exact) mass is 490 g/mol. The number of aromatic nitrogens is 2. The van der Waals surface area contributed by atoms with E-state index in [2.05, 4.69) is 62.4 Å². The summed E-state index contributed by atoms with van der Waals surface area (Å²) in [7, 11) is 6.42. The minimum atomic E-state index is 0. The van der Waals surface area contributed by atoms with Gasteiger partial charge >= 0.3 is 0 Å². The van der Waals surface area contributed by atoms with Crippen LogP contribution in [0.3, 0.4) is 0 Å². The number of likely N-dealkylation sites (N-methyl/N-ethyl adjacent to an activating group) is 1. The van der Waals surface area contributed by atoms with Crippen molar-refractivity contribution in [3.63, 3.8) is 0 Å². The molecule has 0 radical (unpaired) electrons. The molecule has 0 amide bonds. The third-order valence-corrected chi connectivity index (χ3v) is 6.00. The summed E-state index contributed by atoms with van der Waals surface area (Å²) < 4.78 is 1.94. The van der Waals surface area contributed by atoms with Crippen molar-refractivity contribution in [1.82, 2.24) is 25.3 Å². The fourth-order valence-corrected chi connectivity index (χ4v) is 4.15. The largest absolute Gasteiger partial charge is 0.357 e. The summed E-state index contributed by atoms with van der Waals surface area (Å²) in [5.41, 5.74) is 3.69. The van der Waals surface area contributed by atoms with Gasteiger partial charge < -0.3 is 15.5 Å². The molecule has 2 atom stereocenters. The summed E-state index contributed by atoms with van der Waals surface area (Å²) >= 11 is 0. The van der Waals surface area contributed by atoms with E-state index < -0.39 is 0 Å². The van der Waals surface area contributed by atoms with Crippen LogP contribution in [0.1, 0.15) is 56.5 Å². The second kappa shape index (κ2) is 10.6. The number of hydrogen-bond donors (Lipinski definition) is 2. The van der Waals surface area contributed by atoms with Gasteiger partial charge in [-0.05, 0) is 53.6 Å². The SMILES string of the molecule is CCNC(=NCc1c(C)nn(C)c1C)NCC1(N(C)C)CCCC(C)C1.I. The Balaban J connectivity index is 0.00000364. The molecular formula is C20H39IN6. The van der Waals surface area contributed by atoms with Gasteiger partial charge in [0, 0.05) is 36.9 Å². The van der Waals surface area contributed by atoms with Gasteiger partial charge in [-0.15, -0.1) is 24.0 Å². The lowest BCUT2D eigenvalue weighted by Crippen LogP contribution is -2.56. The lowest BCUT2D eigenvalue weighted by atomic mass is 9.75. The molecule has 1 fully saturated rings. The number of hydrogen-bond acceptors (Lipinski definition) is 3. The van der Waals surface area contributed by atoms with Crippen LogP contribution in [0.2, 0.25) is 0 Å². The van der Waals surface area contributed by atoms with E-state index in [1.165, 1.54) is 36.9 Å². The number of aliphatic imine (C=N–C) groups is 1. The zero-order chi connectivity index (χ0) is 19.3. The molecule has 2 rings (SSSR count). The number of guanidine groups is 1. The average molecular weight is 490 g/mol. The smallest absolute Gasteiger partial charge is 0.191 e. The molecular weight excluding hydrogens is 451 g/mol. The molecule has 2 unspecified atom stereocenters. The van der Waals surface area contributed by atoms with Gasteiger partial charge in [-0.3, -0.25) is 4.68 Å². The van der Waals surface area contributed by atoms with E-state index >= 15 is 0 Å². The Hall–Kier alpha value is -0.830. The number of aryl methyl sites for hydroxylation is 2. The third-order valence-electron chi connectivity index (χ3n) is 6.00. The van der Waals surface area contributed by atoms with Crippen LogP contribution in [0.4, 0.5) is 0 Å². The van der Waals surface area contributed by atoms with Gasteiger partial charge in [0.15, 0.2) is 5.96 Å². The molecule has 0 bridgehead atoms. The van der Waals surface area contributed by atoms with E-state index in [0.717, 1.165) is 30.7 Å². The summed E-state index contributed by atoms with van der Waals surface area (Å²) in [6, 6.07) is 0. The van der Waals surface area contributed by atoms with Crippen molar-refractivity contribution in [3.8, 4) is 0 Å². The van der Waals surface area contributed by atoms with Gasteiger partial charge in [-0.25, -0.2) is 4.99 Å². The molecule has 0 spiro atoms. The van der Waals surface area contributed by atoms with Crippen LogP contribution in [0.5, 0.6) is 0 Å². The van der Waals surface area contributed by atoms with E-state index in [4.69, 9.17) is 4.99 Å². The number of halogens is 1. The molecule has 1 aromatic rings. The van der Waals surface area contributed by atoms with E-state index in [0.29, 0.717) is 6.54 Å². The molecule has 27 heavy (non-hydrogen) atoms. The van der Waals surface area contributed by atoms with Crippen LogP contribution in [0.15, 0.2) is 4.99 Å². The van der Waals surface area contributed by atoms with E-state index in [9.17, 15) is 0 Å². The molecule has 0 aliphatic heterocycles. The summed E-state index contributed by atoms with van der Waals surface area (Å²) in [6.07, 6.45) is 5.15. The Morgan fingerprint density at radius 2 is 2.04 bits per heavy atom. The molecule has 1 aliphatic rings. The lowest BCUT2D eigenvalue weighted by Gasteiger charge is -2.45. The summed E-state index contributed by atoms with van der Waals surface area (Å²) in [4.78, 5) is 7.25. The van der Waals surface area contributed by atoms with Crippen molar-refractivity contribution in [2.45, 2.75) is 65.5 Å². The van der Waals surface area contributed by atoms with E-state index in [1.54, 1.807) is 0 Å². The minimum absolute atomic E-state index is 0. The van der Waals surface area contributed by atoms with Crippen molar-refractivity contribution < 1.29 is 0 Å². The van der Waals surface area contributed by atoms with Crippen LogP contribution in [0, 0.1) is 19.8 Å². The normalized spacial score (nSPS) is 23.3. The fraction of sp³-hybridized carbons (Fsp3) is 0.800. The maximum atomic E-state index is 4.84. The average Bonchev–Trinajstić information content (AvgIpc) is 2.82. The van der Waals surface area contributed by atoms with Gasteiger partial charge in [-0.1, -0.05) is 19.8 Å². The van der Waals surface area contributed by atoms with Crippen LogP contribution in [-0.2, 0) is 13.6 Å². The number of nitrogens with one attached hydrogen (secondary N) is 2. The second-order valence-corrected chi connectivity index (χ2v) is 8.14. The fourth-order valence-electron chi connectivity index (χ4n) is 4.15. The Labute approximate surface area is 182 Å². The zero-order valence-electron chi connectivity index (χ0n) is 18.2. The minimum Gasteiger partial charge on any atom is -0.357 e. The Bertz CT molecular complexity index is 624. The molecule has 0 aromatic carbocycles. The first kappa shape index (κ1) is 24.2. The van der Waals surface area contributed by atoms with Crippen LogP contribution >= 0.6 is 24.0 Å². The van der Waals surface area contributed by atoms with Crippen LogP contribution in [0.25, 0.3) is 0 Å². The molecule has 1 aromatic heterocycles. The highest BCUT2D eigenvalue weighted by molar-refractivity contribution is 14.0. The maximum absolute atomic E-state index is 4.84. The summed E-state index contributed by atoms with van der Waals surface area (Å²) in [5.74, 6) is 1.68. The molecule has 7 heteroatoms. The predicted octanol–water partition coefficient (Wildman–Crippen LogP) is 3.22. The second-order valence-electron chi connectivity index (χ2n) is 8.14. The van der Waals surface area contributed by atoms with Crippen LogP contribution in [-0.4, -0.2) is 53.4 Å². The van der Waals surface area contributed by atoms with Gasteiger partial charge in [0.05, 0.1) is 12.2 Å². The molecule has 1 heterocycles. The predicted molar refractivity (Wildman–Crippen MR) is 125 cm³/mol. The van der Waals surface area contributed by atoms with Gasteiger partial charge in [0.1, 0.15) is 0 Å². The quantitative estimate of drug-likeness (QED) is 0.365. The van der Waals surface area contributed by atoms with Gasteiger partial charge in [0.25, 0.3) is 0 Å². The standard InChI is InChI=1S/C20H38N6.HI/c1-8-21-19(22-13-18-16(3)24-26(7)17(18)4)23-14-20(25(5)6)11-9-10-15(2)12-20;/h15H,8-14H2,1-7H3,(H2,21,22,23);1H. The van der Waals surface area contributed by atoms with E-state index in [-0.39, 0.29) is 29.5 Å². The van der Waals surface area contributed by atoms with Crippen LogP contribution < -0.4 is 10.6 Å². The first-order valence-corrected chi connectivity index (χ1v) is 9.97. The molecule has 6 nitrogen and oxygen atoms in total. The highest BCUT2D eigenvalue weighted by atomic mass is 127. The molecule has 1 aliphatic carbocycles. The highest BCUT2D eigenvalue weighted by Gasteiger charge is 2.36. The molecule has 156 valence electrons. The van der Waals surface area contributed by atoms with Crippen molar-refractivity contribution in [2.24, 2.45) is 18.0 Å². The van der Waals surface area contributed by atoms with Crippen molar-refractivity contribution in [2.75, 3.05) is 27.2 Å². The Morgan fingerprint density at radius 3 is 2.56 bits per heavy atom. The topological polar surface area (TPSA) is 57.5 Å². The van der Waals surface area contributed by atoms with Crippen molar-refractivity contribution >= 4 is 29.9 Å². The van der Waals surface area contributed by atoms with Gasteiger partial charge in [0.2, 0.25) is 0 Å². The third kappa shape index (κ3) is 6.07. The first-order chi connectivity index (χ1) is 12.3. The Kier molecular flexibility index (Phi) is 9.54. The number of nitrogens with zero attached hydrogens (tertiary/aromatic N) is 4. The maximum Gasteiger partial charge on any atom is 0.191 e. The Morgan fingerprint density at radius 1 is 1.33 bits per heavy atom. The van der Waals surface area contributed by atoms with Crippen molar-refractivity contribution in [1.29, 1.82) is 0 Å². The molecule has 0 saturated heterocycles.